The first-order valence-corrected chi connectivity index (χ1v) is 10.8. The minimum atomic E-state index is 0.509. The van der Waals surface area contributed by atoms with Crippen LogP contribution in [0.2, 0.25) is 0 Å². The average Bonchev–Trinajstić information content (AvgIpc) is 2.71. The second-order valence-electron chi connectivity index (χ2n) is 7.16. The molecule has 1 aliphatic rings. The predicted molar refractivity (Wildman–Crippen MR) is 117 cm³/mol. The Hall–Kier alpha value is -1.95. The topological polar surface area (TPSA) is 58.1 Å². The summed E-state index contributed by atoms with van der Waals surface area (Å²) in [5.74, 6) is 2.53. The highest BCUT2D eigenvalue weighted by Crippen LogP contribution is 2.28. The molecule has 0 saturated carbocycles. The van der Waals surface area contributed by atoms with Crippen molar-refractivity contribution in [1.29, 1.82) is 0 Å². The van der Waals surface area contributed by atoms with Crippen molar-refractivity contribution in [3.63, 3.8) is 0 Å². The second kappa shape index (κ2) is 12.5. The van der Waals surface area contributed by atoms with E-state index < -0.39 is 0 Å². The first-order chi connectivity index (χ1) is 13.7. The van der Waals surface area contributed by atoms with Crippen LogP contribution in [0, 0.1) is 0 Å². The summed E-state index contributed by atoms with van der Waals surface area (Å²) in [6.45, 7) is 11.9. The third kappa shape index (κ3) is 7.23. The zero-order valence-corrected chi connectivity index (χ0v) is 18.1. The SMILES string of the molecule is CCCN1CCC(NC(=NC)NCCc2ccc(OCC)c(OCC)c2)CC1. The van der Waals surface area contributed by atoms with Gasteiger partial charge in [-0.2, -0.15) is 0 Å². The molecule has 6 nitrogen and oxygen atoms in total. The molecule has 28 heavy (non-hydrogen) atoms. The van der Waals surface area contributed by atoms with E-state index in [1.165, 1.54) is 44.5 Å². The number of rotatable bonds is 10. The third-order valence-electron chi connectivity index (χ3n) is 5.01. The fourth-order valence-electron chi connectivity index (χ4n) is 3.58. The van der Waals surface area contributed by atoms with Crippen LogP contribution in [0.3, 0.4) is 0 Å². The number of hydrogen-bond donors (Lipinski definition) is 2. The number of piperidine rings is 1. The number of aliphatic imine (C=N–C) groups is 1. The van der Waals surface area contributed by atoms with E-state index in [1.54, 1.807) is 0 Å². The monoisotopic (exact) mass is 390 g/mol. The quantitative estimate of drug-likeness (QED) is 0.475. The summed E-state index contributed by atoms with van der Waals surface area (Å²) in [6, 6.07) is 6.69. The number of likely N-dealkylation sites (tertiary alicyclic amines) is 1. The van der Waals surface area contributed by atoms with E-state index in [0.717, 1.165) is 30.4 Å². The van der Waals surface area contributed by atoms with Crippen LogP contribution in [-0.4, -0.2) is 63.3 Å². The molecular formula is C22H38N4O2. The summed E-state index contributed by atoms with van der Waals surface area (Å²) < 4.78 is 11.4. The highest BCUT2D eigenvalue weighted by Gasteiger charge is 2.19. The highest BCUT2D eigenvalue weighted by molar-refractivity contribution is 5.79. The molecule has 0 spiro atoms. The van der Waals surface area contributed by atoms with Crippen LogP contribution >= 0.6 is 0 Å². The molecule has 2 N–H and O–H groups in total. The van der Waals surface area contributed by atoms with Crippen LogP contribution in [0.15, 0.2) is 23.2 Å². The zero-order chi connectivity index (χ0) is 20.2. The molecule has 1 heterocycles. The van der Waals surface area contributed by atoms with Gasteiger partial charge in [-0.15, -0.1) is 0 Å². The van der Waals surface area contributed by atoms with Gasteiger partial charge in [0.25, 0.3) is 0 Å². The first kappa shape index (κ1) is 22.3. The smallest absolute Gasteiger partial charge is 0.191 e. The molecule has 0 atom stereocenters. The van der Waals surface area contributed by atoms with Crippen LogP contribution in [-0.2, 0) is 6.42 Å². The van der Waals surface area contributed by atoms with Gasteiger partial charge in [0.15, 0.2) is 17.5 Å². The molecule has 1 saturated heterocycles. The fourth-order valence-corrected chi connectivity index (χ4v) is 3.58. The molecular weight excluding hydrogens is 352 g/mol. The number of ether oxygens (including phenoxy) is 2. The van der Waals surface area contributed by atoms with Crippen molar-refractivity contribution < 1.29 is 9.47 Å². The van der Waals surface area contributed by atoms with E-state index >= 15 is 0 Å². The van der Waals surface area contributed by atoms with E-state index in [2.05, 4.69) is 39.6 Å². The van der Waals surface area contributed by atoms with Gasteiger partial charge in [0.05, 0.1) is 13.2 Å². The molecule has 158 valence electrons. The summed E-state index contributed by atoms with van der Waals surface area (Å²) in [4.78, 5) is 6.94. The maximum atomic E-state index is 5.72. The lowest BCUT2D eigenvalue weighted by Crippen LogP contribution is -2.49. The molecule has 0 radical (unpaired) electrons. The molecule has 1 aromatic rings. The Morgan fingerprint density at radius 2 is 1.82 bits per heavy atom. The molecule has 0 unspecified atom stereocenters. The number of nitrogens with one attached hydrogen (secondary N) is 2. The molecule has 1 fully saturated rings. The Labute approximate surface area is 170 Å². The molecule has 0 aliphatic carbocycles. The van der Waals surface area contributed by atoms with Crippen LogP contribution in [0.5, 0.6) is 11.5 Å². The van der Waals surface area contributed by atoms with E-state index in [1.807, 2.05) is 27.0 Å². The molecule has 6 heteroatoms. The standard InChI is InChI=1S/C22H38N4O2/c1-5-14-26-15-11-19(12-16-26)25-22(23-4)24-13-10-18-8-9-20(27-6-2)21(17-18)28-7-3/h8-9,17,19H,5-7,10-16H2,1-4H3,(H2,23,24,25). The zero-order valence-electron chi connectivity index (χ0n) is 18.1. The van der Waals surface area contributed by atoms with Crippen LogP contribution in [0.1, 0.15) is 45.6 Å². The number of guanidine groups is 1. The number of hydrogen-bond acceptors (Lipinski definition) is 4. The molecule has 0 bridgehead atoms. The minimum Gasteiger partial charge on any atom is -0.490 e. The lowest BCUT2D eigenvalue weighted by molar-refractivity contribution is 0.206. The van der Waals surface area contributed by atoms with Gasteiger partial charge in [0, 0.05) is 32.7 Å². The van der Waals surface area contributed by atoms with Crippen molar-refractivity contribution in [2.75, 3.05) is 46.4 Å². The van der Waals surface area contributed by atoms with Crippen LogP contribution in [0.4, 0.5) is 0 Å². The van der Waals surface area contributed by atoms with Crippen molar-refractivity contribution in [1.82, 2.24) is 15.5 Å². The van der Waals surface area contributed by atoms with Crippen molar-refractivity contribution in [2.45, 2.75) is 52.5 Å². The lowest BCUT2D eigenvalue weighted by Gasteiger charge is -2.32. The molecule has 0 amide bonds. The van der Waals surface area contributed by atoms with Gasteiger partial charge in [-0.3, -0.25) is 4.99 Å². The van der Waals surface area contributed by atoms with Gasteiger partial charge in [-0.25, -0.2) is 0 Å². The van der Waals surface area contributed by atoms with E-state index in [9.17, 15) is 0 Å². The molecule has 1 aliphatic heterocycles. The predicted octanol–water partition coefficient (Wildman–Crippen LogP) is 3.07. The lowest BCUT2D eigenvalue weighted by atomic mass is 10.1. The van der Waals surface area contributed by atoms with Gasteiger partial charge in [-0.05, 0) is 63.8 Å². The highest BCUT2D eigenvalue weighted by atomic mass is 16.5. The fraction of sp³-hybridized carbons (Fsp3) is 0.682. The maximum absolute atomic E-state index is 5.72. The summed E-state index contributed by atoms with van der Waals surface area (Å²) in [5, 5.41) is 7.03. The van der Waals surface area contributed by atoms with E-state index in [-0.39, 0.29) is 0 Å². The summed E-state index contributed by atoms with van der Waals surface area (Å²) >= 11 is 0. The van der Waals surface area contributed by atoms with E-state index in [4.69, 9.17) is 9.47 Å². The Kier molecular flexibility index (Phi) is 9.97. The Morgan fingerprint density at radius 1 is 1.11 bits per heavy atom. The van der Waals surface area contributed by atoms with Gasteiger partial charge in [-0.1, -0.05) is 13.0 Å². The number of benzene rings is 1. The summed E-state index contributed by atoms with van der Waals surface area (Å²) in [5.41, 5.74) is 1.22. The Bertz CT molecular complexity index is 598. The Morgan fingerprint density at radius 3 is 2.46 bits per heavy atom. The molecule has 0 aromatic heterocycles. The van der Waals surface area contributed by atoms with Gasteiger partial charge in [0.1, 0.15) is 0 Å². The first-order valence-electron chi connectivity index (χ1n) is 10.8. The molecule has 2 rings (SSSR count). The number of nitrogens with zero attached hydrogens (tertiary/aromatic N) is 2. The van der Waals surface area contributed by atoms with Crippen molar-refractivity contribution >= 4 is 5.96 Å². The summed E-state index contributed by atoms with van der Waals surface area (Å²) in [7, 11) is 1.84. The average molecular weight is 391 g/mol. The van der Waals surface area contributed by atoms with Gasteiger partial charge < -0.3 is 25.0 Å². The van der Waals surface area contributed by atoms with E-state index in [0.29, 0.717) is 19.3 Å². The van der Waals surface area contributed by atoms with Crippen LogP contribution in [0.25, 0.3) is 0 Å². The normalized spacial score (nSPS) is 16.1. The van der Waals surface area contributed by atoms with Gasteiger partial charge >= 0.3 is 0 Å². The van der Waals surface area contributed by atoms with Gasteiger partial charge in [0.2, 0.25) is 0 Å². The Balaban J connectivity index is 1.79. The van der Waals surface area contributed by atoms with Crippen molar-refractivity contribution in [3.8, 4) is 11.5 Å². The third-order valence-corrected chi connectivity index (χ3v) is 5.01. The second-order valence-corrected chi connectivity index (χ2v) is 7.16. The van der Waals surface area contributed by atoms with Crippen LogP contribution < -0.4 is 20.1 Å². The largest absolute Gasteiger partial charge is 0.490 e. The molecule has 1 aromatic carbocycles. The maximum Gasteiger partial charge on any atom is 0.191 e. The minimum absolute atomic E-state index is 0.509. The van der Waals surface area contributed by atoms with Crippen molar-refractivity contribution in [2.24, 2.45) is 4.99 Å². The van der Waals surface area contributed by atoms with Crippen molar-refractivity contribution in [3.05, 3.63) is 23.8 Å². The summed E-state index contributed by atoms with van der Waals surface area (Å²) in [6.07, 6.45) is 4.49.